The van der Waals surface area contributed by atoms with Crippen LogP contribution in [0.1, 0.15) is 52.7 Å². The quantitative estimate of drug-likeness (QED) is 0.422. The Balaban J connectivity index is 1.43. The molecule has 1 fully saturated rings. The second-order valence-corrected chi connectivity index (χ2v) is 10.7. The van der Waals surface area contributed by atoms with Gasteiger partial charge in [0.1, 0.15) is 16.8 Å². The summed E-state index contributed by atoms with van der Waals surface area (Å²) >= 11 is 3.07. The highest BCUT2D eigenvalue weighted by Crippen LogP contribution is 2.39. The van der Waals surface area contributed by atoms with Crippen LogP contribution in [0.4, 0.5) is 5.69 Å². The van der Waals surface area contributed by atoms with Gasteiger partial charge in [-0.05, 0) is 106 Å². The summed E-state index contributed by atoms with van der Waals surface area (Å²) < 4.78 is 7.64. The number of thiophene rings is 1. The van der Waals surface area contributed by atoms with E-state index in [0.29, 0.717) is 16.7 Å². The molecule has 8 heteroatoms. The number of nitrogens with one attached hydrogen (secondary N) is 1. The lowest BCUT2D eigenvalue weighted by Crippen LogP contribution is -2.19. The number of ether oxygens (including phenoxy) is 1. The minimum Gasteiger partial charge on any atom is -0.494 e. The van der Waals surface area contributed by atoms with Crippen LogP contribution in [0.2, 0.25) is 0 Å². The van der Waals surface area contributed by atoms with Crippen LogP contribution in [0, 0.1) is 25.2 Å². The monoisotopic (exact) mass is 502 g/mol. The van der Waals surface area contributed by atoms with Gasteiger partial charge in [0.2, 0.25) is 0 Å². The Hall–Kier alpha value is -3.28. The number of carbonyl (C=O) groups is 1. The van der Waals surface area contributed by atoms with Gasteiger partial charge in [-0.15, -0.1) is 11.3 Å². The maximum atomic E-state index is 12.7. The first-order valence-electron chi connectivity index (χ1n) is 11.7. The van der Waals surface area contributed by atoms with Crippen LogP contribution < -0.4 is 10.1 Å². The number of fused-ring (bicyclic) bond motifs is 1. The molecule has 0 atom stereocenters. The van der Waals surface area contributed by atoms with Crippen molar-refractivity contribution in [2.45, 2.75) is 46.5 Å². The number of aryl methyl sites for hydroxylation is 2. The molecule has 1 aliphatic heterocycles. The molecule has 1 aromatic carbocycles. The van der Waals surface area contributed by atoms with Gasteiger partial charge in [0.15, 0.2) is 5.17 Å². The molecule has 178 valence electrons. The average molecular weight is 503 g/mol. The van der Waals surface area contributed by atoms with E-state index in [1.807, 2.05) is 44.2 Å². The molecule has 3 heterocycles. The Kier molecular flexibility index (Phi) is 6.54. The summed E-state index contributed by atoms with van der Waals surface area (Å²) in [7, 11) is 0. The molecule has 1 saturated heterocycles. The third kappa shape index (κ3) is 4.54. The number of rotatable bonds is 5. The third-order valence-corrected chi connectivity index (χ3v) is 8.44. The Labute approximate surface area is 213 Å². The van der Waals surface area contributed by atoms with Crippen molar-refractivity contribution in [2.24, 2.45) is 4.99 Å². The maximum Gasteiger partial charge on any atom is 0.264 e. The predicted octanol–water partition coefficient (Wildman–Crippen LogP) is 6.20. The molecule has 1 N–H and O–H groups in total. The van der Waals surface area contributed by atoms with Crippen LogP contribution in [0.5, 0.6) is 5.75 Å². The molecule has 3 aromatic rings. The first-order chi connectivity index (χ1) is 17.0. The van der Waals surface area contributed by atoms with Gasteiger partial charge in [-0.25, -0.2) is 4.99 Å². The van der Waals surface area contributed by atoms with Gasteiger partial charge in [0.05, 0.1) is 22.8 Å². The second-order valence-electron chi connectivity index (χ2n) is 8.57. The fraction of sp³-hybridized carbons (Fsp3) is 0.296. The summed E-state index contributed by atoms with van der Waals surface area (Å²) in [5.74, 6) is 0.635. The lowest BCUT2D eigenvalue weighted by atomic mass is 9.96. The third-order valence-electron chi connectivity index (χ3n) is 6.25. The first kappa shape index (κ1) is 23.5. The van der Waals surface area contributed by atoms with Crippen LogP contribution in [-0.4, -0.2) is 22.2 Å². The fourth-order valence-corrected chi connectivity index (χ4v) is 6.88. The summed E-state index contributed by atoms with van der Waals surface area (Å²) in [5.41, 5.74) is 5.83. The highest BCUT2D eigenvalue weighted by atomic mass is 32.2. The van der Waals surface area contributed by atoms with Gasteiger partial charge >= 0.3 is 0 Å². The molecular formula is C27H26N4O2S2. The highest BCUT2D eigenvalue weighted by Gasteiger charge is 2.26. The van der Waals surface area contributed by atoms with Crippen molar-refractivity contribution in [3.63, 3.8) is 0 Å². The van der Waals surface area contributed by atoms with Gasteiger partial charge in [-0.2, -0.15) is 5.26 Å². The molecule has 1 aliphatic carbocycles. The fourth-order valence-electron chi connectivity index (χ4n) is 4.59. The summed E-state index contributed by atoms with van der Waals surface area (Å²) in [6.07, 6.45) is 6.28. The molecule has 5 rings (SSSR count). The standard InChI is InChI=1S/C27H26N4O2S2/c1-4-33-20-11-9-19(10-12-20)29-27-30-25(32)24(35-27)14-18-13-16(2)31(17(18)3)26-22(15-28)21-7-5-6-8-23(21)34-26/h9-14H,4-8H2,1-3H3,(H,29,30,32)/b24-14-. The van der Waals surface area contributed by atoms with Crippen molar-refractivity contribution in [1.82, 2.24) is 9.88 Å². The number of thioether (sulfide) groups is 1. The number of amides is 1. The molecule has 0 spiro atoms. The number of hydrogen-bond acceptors (Lipinski definition) is 6. The molecule has 2 aliphatic rings. The van der Waals surface area contributed by atoms with Crippen molar-refractivity contribution in [3.05, 3.63) is 68.2 Å². The first-order valence-corrected chi connectivity index (χ1v) is 13.4. The van der Waals surface area contributed by atoms with Gasteiger partial charge in [-0.1, -0.05) is 0 Å². The minimum absolute atomic E-state index is 0.159. The van der Waals surface area contributed by atoms with E-state index in [2.05, 4.69) is 33.9 Å². The summed E-state index contributed by atoms with van der Waals surface area (Å²) in [6.45, 7) is 6.66. The summed E-state index contributed by atoms with van der Waals surface area (Å²) in [5, 5.41) is 14.3. The van der Waals surface area contributed by atoms with Gasteiger partial charge in [0, 0.05) is 16.3 Å². The predicted molar refractivity (Wildman–Crippen MR) is 143 cm³/mol. The molecule has 0 radical (unpaired) electrons. The van der Waals surface area contributed by atoms with Crippen LogP contribution in [0.3, 0.4) is 0 Å². The Bertz CT molecular complexity index is 1400. The van der Waals surface area contributed by atoms with Crippen molar-refractivity contribution >= 4 is 45.9 Å². The zero-order chi connectivity index (χ0) is 24.5. The highest BCUT2D eigenvalue weighted by molar-refractivity contribution is 8.18. The molecular weight excluding hydrogens is 476 g/mol. The van der Waals surface area contributed by atoms with Crippen molar-refractivity contribution in [3.8, 4) is 16.8 Å². The number of aromatic nitrogens is 1. The summed E-state index contributed by atoms with van der Waals surface area (Å²) in [4.78, 5) is 19.2. The Morgan fingerprint density at radius 1 is 1.23 bits per heavy atom. The number of hydrogen-bond donors (Lipinski definition) is 1. The van der Waals surface area contributed by atoms with Crippen molar-refractivity contribution in [1.29, 1.82) is 5.26 Å². The van der Waals surface area contributed by atoms with E-state index in [1.165, 1.54) is 28.6 Å². The van der Waals surface area contributed by atoms with Gasteiger partial charge < -0.3 is 14.6 Å². The lowest BCUT2D eigenvalue weighted by molar-refractivity contribution is -0.115. The normalized spacial score (nSPS) is 17.5. The van der Waals surface area contributed by atoms with Crippen LogP contribution >= 0.6 is 23.1 Å². The summed E-state index contributed by atoms with van der Waals surface area (Å²) in [6, 6.07) is 12.0. The zero-order valence-corrected chi connectivity index (χ0v) is 21.6. The number of carbonyl (C=O) groups excluding carboxylic acids is 1. The topological polar surface area (TPSA) is 79.4 Å². The van der Waals surface area contributed by atoms with E-state index in [1.54, 1.807) is 11.3 Å². The molecule has 1 amide bonds. The van der Waals surface area contributed by atoms with Crippen molar-refractivity contribution < 1.29 is 9.53 Å². The smallest absolute Gasteiger partial charge is 0.264 e. The maximum absolute atomic E-state index is 12.7. The van der Waals surface area contributed by atoms with E-state index < -0.39 is 0 Å². The number of nitriles is 1. The minimum atomic E-state index is -0.159. The van der Waals surface area contributed by atoms with Crippen molar-refractivity contribution in [2.75, 3.05) is 6.61 Å². The molecule has 0 unspecified atom stereocenters. The van der Waals surface area contributed by atoms with Gasteiger partial charge in [0.25, 0.3) is 5.91 Å². The van der Waals surface area contributed by atoms with Crippen LogP contribution in [0.15, 0.2) is 40.2 Å². The Morgan fingerprint density at radius 3 is 2.74 bits per heavy atom. The number of nitrogens with zero attached hydrogens (tertiary/aromatic N) is 3. The molecule has 0 bridgehead atoms. The largest absolute Gasteiger partial charge is 0.494 e. The Morgan fingerprint density at radius 2 is 2.00 bits per heavy atom. The molecule has 35 heavy (non-hydrogen) atoms. The van der Waals surface area contributed by atoms with E-state index >= 15 is 0 Å². The second kappa shape index (κ2) is 9.76. The van der Waals surface area contributed by atoms with Gasteiger partial charge in [-0.3, -0.25) is 4.79 Å². The average Bonchev–Trinajstić information content (AvgIpc) is 3.47. The van der Waals surface area contributed by atoms with E-state index in [4.69, 9.17) is 4.74 Å². The number of amidine groups is 1. The van der Waals surface area contributed by atoms with E-state index in [9.17, 15) is 10.1 Å². The SMILES string of the molecule is CCOc1ccc(N=C2NC(=O)/C(=C/c3cc(C)n(-c4sc5c(c4C#N)CCCC5)c3C)S2)cc1. The lowest BCUT2D eigenvalue weighted by Gasteiger charge is -2.10. The van der Waals surface area contributed by atoms with E-state index in [-0.39, 0.29) is 5.91 Å². The number of aliphatic imine (C=N–C) groups is 1. The van der Waals surface area contributed by atoms with Crippen LogP contribution in [0.25, 0.3) is 11.1 Å². The zero-order valence-electron chi connectivity index (χ0n) is 20.0. The number of benzene rings is 1. The van der Waals surface area contributed by atoms with E-state index in [0.717, 1.165) is 58.2 Å². The molecule has 2 aromatic heterocycles. The molecule has 6 nitrogen and oxygen atoms in total. The van der Waals surface area contributed by atoms with Crippen LogP contribution in [-0.2, 0) is 17.6 Å². The molecule has 0 saturated carbocycles.